The van der Waals surface area contributed by atoms with Crippen molar-refractivity contribution in [2.75, 3.05) is 5.75 Å². The minimum atomic E-state index is -0.270. The smallest absolute Gasteiger partial charge is 0.218 e. The first kappa shape index (κ1) is 12.4. The Labute approximate surface area is 115 Å². The van der Waals surface area contributed by atoms with Crippen molar-refractivity contribution in [3.05, 3.63) is 30.1 Å². The molecule has 0 radical (unpaired) electrons. The first-order valence-electron chi connectivity index (χ1n) is 6.42. The minimum absolute atomic E-state index is 0.270. The topological polar surface area (TPSA) is 68.9 Å². The van der Waals surface area contributed by atoms with Gasteiger partial charge in [0.1, 0.15) is 10.9 Å². The summed E-state index contributed by atoms with van der Waals surface area (Å²) < 4.78 is 0. The maximum atomic E-state index is 10.8. The number of amides is 1. The van der Waals surface area contributed by atoms with Crippen molar-refractivity contribution < 1.29 is 4.79 Å². The van der Waals surface area contributed by atoms with Gasteiger partial charge in [0.15, 0.2) is 0 Å². The number of carbonyl (C=O) groups excluding carboxylic acids is 1. The number of nitrogens with zero attached hydrogens (tertiary/aromatic N) is 2. The van der Waals surface area contributed by atoms with Crippen LogP contribution in [0.5, 0.6) is 0 Å². The lowest BCUT2D eigenvalue weighted by molar-refractivity contribution is -0.117. The lowest BCUT2D eigenvalue weighted by atomic mass is 10.2. The van der Waals surface area contributed by atoms with Gasteiger partial charge in [-0.1, -0.05) is 18.2 Å². The Hall–Kier alpha value is -1.62. The Balaban J connectivity index is 1.92. The highest BCUT2D eigenvalue weighted by Crippen LogP contribution is 2.39. The van der Waals surface area contributed by atoms with Crippen molar-refractivity contribution in [2.45, 2.75) is 30.2 Å². The number of aromatic nitrogens is 2. The molecule has 98 valence electrons. The molecule has 5 heteroatoms. The third kappa shape index (κ3) is 2.87. The Morgan fingerprint density at radius 2 is 2.11 bits per heavy atom. The van der Waals surface area contributed by atoms with Gasteiger partial charge in [0.05, 0.1) is 5.52 Å². The highest BCUT2D eigenvalue weighted by molar-refractivity contribution is 7.99. The molecule has 0 bridgehead atoms. The predicted molar refractivity (Wildman–Crippen MR) is 76.0 cm³/mol. The van der Waals surface area contributed by atoms with Gasteiger partial charge < -0.3 is 5.73 Å². The highest BCUT2D eigenvalue weighted by atomic mass is 32.2. The van der Waals surface area contributed by atoms with Crippen molar-refractivity contribution in [1.82, 2.24) is 9.97 Å². The Morgan fingerprint density at radius 1 is 1.32 bits per heavy atom. The summed E-state index contributed by atoms with van der Waals surface area (Å²) in [5.74, 6) is 1.87. The molecule has 19 heavy (non-hydrogen) atoms. The fraction of sp³-hybridized carbons (Fsp3) is 0.357. The van der Waals surface area contributed by atoms with Crippen LogP contribution in [-0.4, -0.2) is 21.6 Å². The van der Waals surface area contributed by atoms with Crippen LogP contribution in [0.25, 0.3) is 10.9 Å². The molecule has 0 aliphatic heterocycles. The number of hydrogen-bond acceptors (Lipinski definition) is 4. The van der Waals surface area contributed by atoms with E-state index >= 15 is 0 Å². The van der Waals surface area contributed by atoms with Crippen LogP contribution in [0.2, 0.25) is 0 Å². The molecule has 2 aromatic rings. The molecule has 1 heterocycles. The van der Waals surface area contributed by atoms with Gasteiger partial charge in [0, 0.05) is 23.5 Å². The van der Waals surface area contributed by atoms with E-state index in [4.69, 9.17) is 5.73 Å². The number of fused-ring (bicyclic) bond motifs is 1. The van der Waals surface area contributed by atoms with Crippen LogP contribution in [0.4, 0.5) is 0 Å². The summed E-state index contributed by atoms with van der Waals surface area (Å²) in [6, 6.07) is 8.02. The fourth-order valence-corrected chi connectivity index (χ4v) is 2.93. The molecule has 4 nitrogen and oxygen atoms in total. The fourth-order valence-electron chi connectivity index (χ4n) is 1.95. The lowest BCUT2D eigenvalue weighted by Gasteiger charge is -2.07. The SMILES string of the molecule is NC(=O)CCSc1nc(C2CC2)nc2ccccc12. The van der Waals surface area contributed by atoms with Crippen LogP contribution in [0.1, 0.15) is 31.0 Å². The Morgan fingerprint density at radius 3 is 2.84 bits per heavy atom. The van der Waals surface area contributed by atoms with E-state index in [0.717, 1.165) is 21.8 Å². The van der Waals surface area contributed by atoms with Crippen LogP contribution in [-0.2, 0) is 4.79 Å². The summed E-state index contributed by atoms with van der Waals surface area (Å²) in [4.78, 5) is 20.1. The van der Waals surface area contributed by atoms with Gasteiger partial charge in [-0.25, -0.2) is 9.97 Å². The van der Waals surface area contributed by atoms with E-state index in [2.05, 4.69) is 9.97 Å². The molecule has 1 aliphatic carbocycles. The molecule has 1 saturated carbocycles. The number of nitrogens with two attached hydrogens (primary N) is 1. The highest BCUT2D eigenvalue weighted by Gasteiger charge is 2.27. The molecule has 0 saturated heterocycles. The van der Waals surface area contributed by atoms with E-state index in [-0.39, 0.29) is 5.91 Å². The Bertz CT molecular complexity index is 625. The second-order valence-corrected chi connectivity index (χ2v) is 5.83. The largest absolute Gasteiger partial charge is 0.370 e. The molecule has 1 aromatic heterocycles. The van der Waals surface area contributed by atoms with Crippen molar-refractivity contribution in [1.29, 1.82) is 0 Å². The van der Waals surface area contributed by atoms with E-state index < -0.39 is 0 Å². The van der Waals surface area contributed by atoms with Crippen molar-refractivity contribution >= 4 is 28.6 Å². The molecular formula is C14H15N3OS. The van der Waals surface area contributed by atoms with E-state index in [1.54, 1.807) is 11.8 Å². The first-order valence-corrected chi connectivity index (χ1v) is 7.40. The summed E-state index contributed by atoms with van der Waals surface area (Å²) >= 11 is 1.59. The molecule has 1 fully saturated rings. The zero-order valence-corrected chi connectivity index (χ0v) is 11.3. The third-order valence-electron chi connectivity index (χ3n) is 3.12. The Kier molecular flexibility index (Phi) is 3.38. The quantitative estimate of drug-likeness (QED) is 0.671. The number of carbonyl (C=O) groups is 1. The molecule has 2 N–H and O–H groups in total. The number of benzene rings is 1. The summed E-state index contributed by atoms with van der Waals surface area (Å²) in [6.07, 6.45) is 2.75. The standard InChI is InChI=1S/C14H15N3OS/c15-12(18)7-8-19-14-10-3-1-2-4-11(10)16-13(17-14)9-5-6-9/h1-4,9H,5-8H2,(H2,15,18). The second-order valence-electron chi connectivity index (χ2n) is 4.74. The lowest BCUT2D eigenvalue weighted by Crippen LogP contribution is -2.11. The maximum Gasteiger partial charge on any atom is 0.218 e. The first-order chi connectivity index (χ1) is 9.24. The van der Waals surface area contributed by atoms with Crippen LogP contribution in [0.15, 0.2) is 29.3 Å². The van der Waals surface area contributed by atoms with Crippen molar-refractivity contribution in [2.24, 2.45) is 5.73 Å². The van der Waals surface area contributed by atoms with E-state index in [9.17, 15) is 4.79 Å². The van der Waals surface area contributed by atoms with Crippen molar-refractivity contribution in [3.8, 4) is 0 Å². The molecule has 1 aliphatic rings. The molecular weight excluding hydrogens is 258 g/mol. The number of rotatable bonds is 5. The average molecular weight is 273 g/mol. The maximum absolute atomic E-state index is 10.8. The van der Waals surface area contributed by atoms with Crippen LogP contribution < -0.4 is 5.73 Å². The number of hydrogen-bond donors (Lipinski definition) is 1. The zero-order valence-electron chi connectivity index (χ0n) is 10.5. The predicted octanol–water partition coefficient (Wildman–Crippen LogP) is 2.47. The summed E-state index contributed by atoms with van der Waals surface area (Å²) in [5, 5.41) is 2.02. The van der Waals surface area contributed by atoms with E-state index in [1.165, 1.54) is 12.8 Å². The number of thioether (sulfide) groups is 1. The van der Waals surface area contributed by atoms with Gasteiger partial charge in [0.2, 0.25) is 5.91 Å². The molecule has 0 unspecified atom stereocenters. The van der Waals surface area contributed by atoms with Crippen LogP contribution in [0, 0.1) is 0 Å². The summed E-state index contributed by atoms with van der Waals surface area (Å²) in [6.45, 7) is 0. The van der Waals surface area contributed by atoms with Crippen LogP contribution in [0.3, 0.4) is 0 Å². The molecule has 0 spiro atoms. The summed E-state index contributed by atoms with van der Waals surface area (Å²) in [7, 11) is 0. The van der Waals surface area contributed by atoms with Gasteiger partial charge >= 0.3 is 0 Å². The van der Waals surface area contributed by atoms with Crippen molar-refractivity contribution in [3.63, 3.8) is 0 Å². The monoisotopic (exact) mass is 273 g/mol. The normalized spacial score (nSPS) is 14.7. The molecule has 1 aromatic carbocycles. The second kappa shape index (κ2) is 5.17. The number of para-hydroxylation sites is 1. The zero-order chi connectivity index (χ0) is 13.2. The van der Waals surface area contributed by atoms with Crippen LogP contribution >= 0.6 is 11.8 Å². The van der Waals surface area contributed by atoms with Gasteiger partial charge in [-0.15, -0.1) is 11.8 Å². The summed E-state index contributed by atoms with van der Waals surface area (Å²) in [5.41, 5.74) is 6.16. The van der Waals surface area contributed by atoms with Gasteiger partial charge in [0.25, 0.3) is 0 Å². The number of primary amides is 1. The van der Waals surface area contributed by atoms with Gasteiger partial charge in [-0.2, -0.15) is 0 Å². The molecule has 3 rings (SSSR count). The molecule has 0 atom stereocenters. The minimum Gasteiger partial charge on any atom is -0.370 e. The van der Waals surface area contributed by atoms with Gasteiger partial charge in [-0.3, -0.25) is 4.79 Å². The van der Waals surface area contributed by atoms with E-state index in [1.807, 2.05) is 24.3 Å². The molecule has 1 amide bonds. The van der Waals surface area contributed by atoms with E-state index in [0.29, 0.717) is 18.1 Å². The third-order valence-corrected chi connectivity index (χ3v) is 4.11. The average Bonchev–Trinajstić information content (AvgIpc) is 3.22. The van der Waals surface area contributed by atoms with Gasteiger partial charge in [-0.05, 0) is 18.9 Å².